The fraction of sp³-hybridized carbons (Fsp3) is 0.931. The standard InChI is InChI=1S/C29H48O3/c1-18(2)8-7-9-19(3)23-10-11-24-22-17-27(32-20(4)30)26-16-21(31)12-14-29(26,6)25(22)13-15-28(23,24)5/h18-19,22-27H,7-17H2,1-6H3/t19-,22+,23-,24+,25+,26?,27?,28-,29-/m1/s1. The molecule has 0 spiro atoms. The summed E-state index contributed by atoms with van der Waals surface area (Å²) >= 11 is 0. The van der Waals surface area contributed by atoms with Crippen molar-refractivity contribution in [1.29, 1.82) is 0 Å². The van der Waals surface area contributed by atoms with Crippen molar-refractivity contribution >= 4 is 11.8 Å². The van der Waals surface area contributed by atoms with E-state index in [2.05, 4.69) is 34.6 Å². The fourth-order valence-electron chi connectivity index (χ4n) is 9.43. The van der Waals surface area contributed by atoms with E-state index >= 15 is 0 Å². The van der Waals surface area contributed by atoms with Gasteiger partial charge in [0.1, 0.15) is 11.9 Å². The van der Waals surface area contributed by atoms with Gasteiger partial charge in [0.15, 0.2) is 0 Å². The molecule has 0 aromatic rings. The molecule has 4 aliphatic rings. The molecular formula is C29H48O3. The van der Waals surface area contributed by atoms with Crippen LogP contribution in [0.2, 0.25) is 0 Å². The number of Topliss-reactive ketones (excluding diaryl/α,β-unsaturated/α-hetero) is 1. The van der Waals surface area contributed by atoms with Gasteiger partial charge in [-0.3, -0.25) is 9.59 Å². The summed E-state index contributed by atoms with van der Waals surface area (Å²) in [5, 5.41) is 0. The quantitative estimate of drug-likeness (QED) is 0.406. The predicted octanol–water partition coefficient (Wildman–Crippen LogP) is 7.22. The van der Waals surface area contributed by atoms with Crippen LogP contribution in [0.4, 0.5) is 0 Å². The summed E-state index contributed by atoms with van der Waals surface area (Å²) in [7, 11) is 0. The van der Waals surface area contributed by atoms with E-state index in [0.717, 1.165) is 42.9 Å². The maximum Gasteiger partial charge on any atom is 0.302 e. The minimum absolute atomic E-state index is 0.0622. The van der Waals surface area contributed by atoms with Gasteiger partial charge in [0.05, 0.1) is 0 Å². The normalized spacial score (nSPS) is 44.5. The zero-order chi connectivity index (χ0) is 23.3. The maximum atomic E-state index is 12.4. The number of ketones is 1. The minimum Gasteiger partial charge on any atom is -0.462 e. The van der Waals surface area contributed by atoms with Gasteiger partial charge in [-0.15, -0.1) is 0 Å². The van der Waals surface area contributed by atoms with Crippen LogP contribution in [0.15, 0.2) is 0 Å². The van der Waals surface area contributed by atoms with Gasteiger partial charge in [0.25, 0.3) is 0 Å². The number of rotatable bonds is 6. The van der Waals surface area contributed by atoms with Gasteiger partial charge in [-0.2, -0.15) is 0 Å². The van der Waals surface area contributed by atoms with Gasteiger partial charge >= 0.3 is 5.97 Å². The highest BCUT2D eigenvalue weighted by Gasteiger charge is 2.63. The van der Waals surface area contributed by atoms with E-state index in [-0.39, 0.29) is 23.4 Å². The molecule has 0 radical (unpaired) electrons. The second-order valence-corrected chi connectivity index (χ2v) is 13.1. The van der Waals surface area contributed by atoms with Gasteiger partial charge < -0.3 is 4.74 Å². The van der Waals surface area contributed by atoms with Crippen molar-refractivity contribution < 1.29 is 14.3 Å². The molecule has 3 heteroatoms. The van der Waals surface area contributed by atoms with Crippen LogP contribution in [0, 0.1) is 52.3 Å². The first-order valence-corrected chi connectivity index (χ1v) is 13.7. The van der Waals surface area contributed by atoms with Gasteiger partial charge in [0, 0.05) is 25.7 Å². The zero-order valence-corrected chi connectivity index (χ0v) is 21.6. The van der Waals surface area contributed by atoms with Crippen LogP contribution in [-0.4, -0.2) is 17.9 Å². The predicted molar refractivity (Wildman–Crippen MR) is 129 cm³/mol. The third-order valence-corrected chi connectivity index (χ3v) is 11.0. The van der Waals surface area contributed by atoms with Crippen molar-refractivity contribution in [1.82, 2.24) is 0 Å². The van der Waals surface area contributed by atoms with Crippen LogP contribution < -0.4 is 0 Å². The Morgan fingerprint density at radius 2 is 1.72 bits per heavy atom. The number of esters is 1. The lowest BCUT2D eigenvalue weighted by Gasteiger charge is -2.62. The highest BCUT2D eigenvalue weighted by Crippen LogP contribution is 2.68. The minimum atomic E-state index is -0.171. The highest BCUT2D eigenvalue weighted by molar-refractivity contribution is 5.80. The lowest BCUT2D eigenvalue weighted by atomic mass is 9.44. The summed E-state index contributed by atoms with van der Waals surface area (Å²) in [6.07, 6.45) is 12.7. The van der Waals surface area contributed by atoms with E-state index in [0.29, 0.717) is 29.5 Å². The Bertz CT molecular complexity index is 713. The Morgan fingerprint density at radius 3 is 2.41 bits per heavy atom. The molecule has 2 unspecified atom stereocenters. The van der Waals surface area contributed by atoms with Gasteiger partial charge in [0.2, 0.25) is 0 Å². The molecular weight excluding hydrogens is 396 g/mol. The summed E-state index contributed by atoms with van der Waals surface area (Å²) in [4.78, 5) is 24.4. The van der Waals surface area contributed by atoms with E-state index < -0.39 is 0 Å². The van der Waals surface area contributed by atoms with E-state index in [1.165, 1.54) is 44.9 Å². The Hall–Kier alpha value is -0.860. The molecule has 4 rings (SSSR count). The van der Waals surface area contributed by atoms with Gasteiger partial charge in [-0.1, -0.05) is 53.9 Å². The molecule has 4 aliphatic carbocycles. The molecule has 0 N–H and O–H groups in total. The van der Waals surface area contributed by atoms with Gasteiger partial charge in [-0.05, 0) is 84.9 Å². The lowest BCUT2D eigenvalue weighted by molar-refractivity contribution is -0.186. The van der Waals surface area contributed by atoms with Crippen molar-refractivity contribution in [2.75, 3.05) is 0 Å². The number of fused-ring (bicyclic) bond motifs is 5. The SMILES string of the molecule is CC(=O)OC1C[C@H]2[C@@H]3CC[C@H]([C@H](C)CCCC(C)C)[C@@]3(C)CC[C@@H]2[C@@]2(C)CCC(=O)CC12. The molecule has 0 amide bonds. The summed E-state index contributed by atoms with van der Waals surface area (Å²) in [6.45, 7) is 13.8. The van der Waals surface area contributed by atoms with E-state index in [1.807, 2.05) is 0 Å². The molecule has 0 aromatic carbocycles. The second-order valence-electron chi connectivity index (χ2n) is 13.1. The van der Waals surface area contributed by atoms with Crippen LogP contribution in [0.25, 0.3) is 0 Å². The largest absolute Gasteiger partial charge is 0.462 e. The molecule has 3 nitrogen and oxygen atoms in total. The number of hydrogen-bond acceptors (Lipinski definition) is 3. The van der Waals surface area contributed by atoms with Crippen LogP contribution in [0.3, 0.4) is 0 Å². The maximum absolute atomic E-state index is 12.4. The third-order valence-electron chi connectivity index (χ3n) is 11.0. The van der Waals surface area contributed by atoms with Crippen LogP contribution in [0.1, 0.15) is 112 Å². The molecule has 0 bridgehead atoms. The second kappa shape index (κ2) is 9.06. The Morgan fingerprint density at radius 1 is 1.00 bits per heavy atom. The summed E-state index contributed by atoms with van der Waals surface area (Å²) in [5.41, 5.74) is 0.589. The topological polar surface area (TPSA) is 43.4 Å². The first-order chi connectivity index (χ1) is 15.1. The Kier molecular flexibility index (Phi) is 6.87. The summed E-state index contributed by atoms with van der Waals surface area (Å²) in [5.74, 6) is 4.99. The molecule has 9 atom stereocenters. The zero-order valence-electron chi connectivity index (χ0n) is 21.6. The van der Waals surface area contributed by atoms with E-state index in [1.54, 1.807) is 6.92 Å². The molecule has 0 aromatic heterocycles. The summed E-state index contributed by atoms with van der Waals surface area (Å²) in [6, 6.07) is 0. The van der Waals surface area contributed by atoms with E-state index in [4.69, 9.17) is 4.74 Å². The number of hydrogen-bond donors (Lipinski definition) is 0. The Labute approximate surface area is 196 Å². The van der Waals surface area contributed by atoms with Crippen molar-refractivity contribution in [3.63, 3.8) is 0 Å². The van der Waals surface area contributed by atoms with Crippen LogP contribution >= 0.6 is 0 Å². The average Bonchev–Trinajstić information content (AvgIpc) is 3.06. The van der Waals surface area contributed by atoms with Crippen molar-refractivity contribution in [3.8, 4) is 0 Å². The van der Waals surface area contributed by atoms with Crippen molar-refractivity contribution in [3.05, 3.63) is 0 Å². The fourth-order valence-corrected chi connectivity index (χ4v) is 9.43. The molecule has 32 heavy (non-hydrogen) atoms. The number of carbonyl (C=O) groups is 2. The first kappa shape index (κ1) is 24.3. The van der Waals surface area contributed by atoms with Crippen molar-refractivity contribution in [2.24, 2.45) is 52.3 Å². The smallest absolute Gasteiger partial charge is 0.302 e. The number of ether oxygens (including phenoxy) is 1. The molecule has 0 heterocycles. The molecule has 0 saturated heterocycles. The third kappa shape index (κ3) is 4.20. The van der Waals surface area contributed by atoms with E-state index in [9.17, 15) is 9.59 Å². The van der Waals surface area contributed by atoms with Gasteiger partial charge in [-0.25, -0.2) is 0 Å². The monoisotopic (exact) mass is 444 g/mol. The highest BCUT2D eigenvalue weighted by atomic mass is 16.5. The molecule has 4 fully saturated rings. The first-order valence-electron chi connectivity index (χ1n) is 13.7. The van der Waals surface area contributed by atoms with Crippen LogP contribution in [0.5, 0.6) is 0 Å². The Balaban J connectivity index is 1.55. The molecule has 0 aliphatic heterocycles. The number of carbonyl (C=O) groups excluding carboxylic acids is 2. The lowest BCUT2D eigenvalue weighted by Crippen LogP contribution is -2.58. The average molecular weight is 445 g/mol. The summed E-state index contributed by atoms with van der Waals surface area (Å²) < 4.78 is 5.96. The van der Waals surface area contributed by atoms with Crippen molar-refractivity contribution in [2.45, 2.75) is 118 Å². The molecule has 4 saturated carbocycles. The van der Waals surface area contributed by atoms with Crippen LogP contribution in [-0.2, 0) is 14.3 Å². The molecule has 182 valence electrons.